The van der Waals surface area contributed by atoms with Gasteiger partial charge in [-0.1, -0.05) is 18.2 Å². The number of alkyl halides is 3. The van der Waals surface area contributed by atoms with Crippen LogP contribution in [0.4, 0.5) is 23.2 Å². The van der Waals surface area contributed by atoms with Gasteiger partial charge in [0, 0.05) is 46.5 Å². The van der Waals surface area contributed by atoms with Gasteiger partial charge in [0.25, 0.3) is 5.91 Å². The van der Waals surface area contributed by atoms with E-state index in [9.17, 15) is 22.4 Å². The summed E-state index contributed by atoms with van der Waals surface area (Å²) in [5.41, 5.74) is 1.14. The number of aromatic amines is 1. The van der Waals surface area contributed by atoms with Crippen molar-refractivity contribution in [3.8, 4) is 16.8 Å². The predicted molar refractivity (Wildman–Crippen MR) is 130 cm³/mol. The van der Waals surface area contributed by atoms with Gasteiger partial charge in [-0.3, -0.25) is 4.79 Å². The van der Waals surface area contributed by atoms with E-state index >= 15 is 0 Å². The van der Waals surface area contributed by atoms with Crippen molar-refractivity contribution in [2.45, 2.75) is 12.7 Å². The summed E-state index contributed by atoms with van der Waals surface area (Å²) in [6, 6.07) is 14.8. The number of carbonyl (C=O) groups is 1. The SMILES string of the molecule is [C-]#[N+]c1ccc(-n2cc(-c3ccc(CNC(=O)c4ccc5[nH]ccc5c4)c(F)c3)cn2)cc1C(F)(F)F. The molecule has 0 radical (unpaired) electrons. The van der Waals surface area contributed by atoms with Gasteiger partial charge >= 0.3 is 6.18 Å². The molecule has 3 aromatic carbocycles. The van der Waals surface area contributed by atoms with Gasteiger partial charge in [0.05, 0.1) is 24.0 Å². The maximum absolute atomic E-state index is 14.8. The molecule has 0 aliphatic carbocycles. The molecule has 2 N–H and O–H groups in total. The van der Waals surface area contributed by atoms with Gasteiger partial charge in [0.2, 0.25) is 0 Å². The molecule has 0 saturated heterocycles. The van der Waals surface area contributed by atoms with Gasteiger partial charge < -0.3 is 10.3 Å². The number of nitrogens with one attached hydrogen (secondary N) is 2. The normalized spacial score (nSPS) is 11.4. The van der Waals surface area contributed by atoms with Crippen molar-refractivity contribution < 1.29 is 22.4 Å². The van der Waals surface area contributed by atoms with E-state index in [1.54, 1.807) is 30.5 Å². The van der Waals surface area contributed by atoms with Gasteiger partial charge in [-0.05, 0) is 48.0 Å². The number of amides is 1. The Hall–Kier alpha value is -4.91. The molecular weight excluding hydrogens is 486 g/mol. The van der Waals surface area contributed by atoms with Crippen LogP contribution in [-0.4, -0.2) is 20.7 Å². The zero-order valence-electron chi connectivity index (χ0n) is 19.0. The Bertz CT molecular complexity index is 1680. The predicted octanol–water partition coefficient (Wildman–Crippen LogP) is 6.66. The third-order valence-corrected chi connectivity index (χ3v) is 5.89. The second-order valence-electron chi connectivity index (χ2n) is 8.25. The van der Waals surface area contributed by atoms with Gasteiger partial charge in [-0.25, -0.2) is 13.9 Å². The Morgan fingerprint density at radius 2 is 1.89 bits per heavy atom. The number of fused-ring (bicyclic) bond motifs is 1. The largest absolute Gasteiger partial charge is 0.407 e. The van der Waals surface area contributed by atoms with Gasteiger partial charge in [0.1, 0.15) is 5.82 Å². The number of halogens is 4. The topological polar surface area (TPSA) is 67.1 Å². The first kappa shape index (κ1) is 23.8. The molecule has 10 heteroatoms. The number of aromatic nitrogens is 3. The minimum atomic E-state index is -4.69. The van der Waals surface area contributed by atoms with Crippen LogP contribution < -0.4 is 5.32 Å². The number of rotatable bonds is 5. The van der Waals surface area contributed by atoms with E-state index in [0.717, 1.165) is 23.0 Å². The number of hydrogen-bond donors (Lipinski definition) is 2. The lowest BCUT2D eigenvalue weighted by molar-refractivity contribution is -0.136. The molecule has 5 rings (SSSR count). The van der Waals surface area contributed by atoms with Crippen molar-refractivity contribution in [2.24, 2.45) is 0 Å². The van der Waals surface area contributed by atoms with Crippen LogP contribution in [0.25, 0.3) is 32.6 Å². The summed E-state index contributed by atoms with van der Waals surface area (Å²) in [6.45, 7) is 6.93. The number of nitrogens with zero attached hydrogens (tertiary/aromatic N) is 3. The maximum Gasteiger partial charge on any atom is 0.407 e. The summed E-state index contributed by atoms with van der Waals surface area (Å²) in [5.74, 6) is -0.886. The Morgan fingerprint density at radius 3 is 2.65 bits per heavy atom. The number of benzene rings is 3. The summed E-state index contributed by atoms with van der Waals surface area (Å²) in [4.78, 5) is 18.5. The molecule has 0 unspecified atom stereocenters. The zero-order valence-corrected chi connectivity index (χ0v) is 19.0. The van der Waals surface area contributed by atoms with Crippen LogP contribution in [0, 0.1) is 12.4 Å². The average Bonchev–Trinajstić information content (AvgIpc) is 3.56. The molecule has 0 saturated carbocycles. The lowest BCUT2D eigenvalue weighted by Crippen LogP contribution is -2.23. The van der Waals surface area contributed by atoms with E-state index in [0.29, 0.717) is 16.7 Å². The smallest absolute Gasteiger partial charge is 0.361 e. The molecular formula is C27H17F4N5O. The standard InChI is InChI=1S/C27H17F4N5O/c1-32-25-7-5-21(12-22(25)27(29,30)31)36-15-20(14-35-36)16-2-3-19(23(28)11-16)13-34-26(37)18-4-6-24-17(10-18)8-9-33-24/h2-12,14-15,33H,13H2,(H,34,37). The quantitative estimate of drug-likeness (QED) is 0.208. The van der Waals surface area contributed by atoms with Gasteiger partial charge in [-0.15, -0.1) is 0 Å². The minimum Gasteiger partial charge on any atom is -0.361 e. The second-order valence-corrected chi connectivity index (χ2v) is 8.25. The number of carbonyl (C=O) groups excluding carboxylic acids is 1. The molecule has 0 aliphatic heterocycles. The van der Waals surface area contributed by atoms with Crippen LogP contribution >= 0.6 is 0 Å². The zero-order chi connectivity index (χ0) is 26.2. The Morgan fingerprint density at radius 1 is 1.05 bits per heavy atom. The van der Waals surface area contributed by atoms with Crippen molar-refractivity contribution in [1.29, 1.82) is 0 Å². The highest BCUT2D eigenvalue weighted by molar-refractivity contribution is 5.98. The number of hydrogen-bond acceptors (Lipinski definition) is 2. The Labute approximate surface area is 208 Å². The molecule has 0 bridgehead atoms. The molecule has 0 atom stereocenters. The molecule has 5 aromatic rings. The molecule has 0 fully saturated rings. The molecule has 1 amide bonds. The average molecular weight is 503 g/mol. The first-order valence-electron chi connectivity index (χ1n) is 11.0. The second kappa shape index (κ2) is 9.28. The van der Waals surface area contributed by atoms with Crippen LogP contribution in [0.5, 0.6) is 0 Å². The highest BCUT2D eigenvalue weighted by Crippen LogP contribution is 2.37. The Balaban J connectivity index is 1.32. The summed E-state index contributed by atoms with van der Waals surface area (Å²) in [6.07, 6.45) is -0.0307. The fourth-order valence-electron chi connectivity index (χ4n) is 3.95. The van der Waals surface area contributed by atoms with Crippen molar-refractivity contribution in [3.05, 3.63) is 113 Å². The molecule has 2 aromatic heterocycles. The molecule has 6 nitrogen and oxygen atoms in total. The van der Waals surface area contributed by atoms with E-state index in [1.165, 1.54) is 35.3 Å². The first-order valence-corrected chi connectivity index (χ1v) is 11.0. The summed E-state index contributed by atoms with van der Waals surface area (Å²) in [7, 11) is 0. The van der Waals surface area contributed by atoms with Gasteiger partial charge in [0.15, 0.2) is 5.69 Å². The van der Waals surface area contributed by atoms with Crippen molar-refractivity contribution in [1.82, 2.24) is 20.1 Å². The van der Waals surface area contributed by atoms with Crippen LogP contribution in [0.1, 0.15) is 21.5 Å². The van der Waals surface area contributed by atoms with E-state index in [-0.39, 0.29) is 23.7 Å². The van der Waals surface area contributed by atoms with Crippen LogP contribution in [0.2, 0.25) is 0 Å². The van der Waals surface area contributed by atoms with Crippen molar-refractivity contribution in [3.63, 3.8) is 0 Å². The Kier molecular flexibility index (Phi) is 5.97. The minimum absolute atomic E-state index is 0.0248. The van der Waals surface area contributed by atoms with Crippen LogP contribution in [-0.2, 0) is 12.7 Å². The van der Waals surface area contributed by atoms with E-state index in [1.807, 2.05) is 6.07 Å². The fraction of sp³-hybridized carbons (Fsp3) is 0.0741. The lowest BCUT2D eigenvalue weighted by Gasteiger charge is -2.11. The highest BCUT2D eigenvalue weighted by Gasteiger charge is 2.33. The molecule has 184 valence electrons. The van der Waals surface area contributed by atoms with E-state index in [4.69, 9.17) is 6.57 Å². The number of H-pyrrole nitrogens is 1. The van der Waals surface area contributed by atoms with E-state index in [2.05, 4.69) is 20.2 Å². The van der Waals surface area contributed by atoms with Gasteiger partial charge in [-0.2, -0.15) is 18.3 Å². The van der Waals surface area contributed by atoms with E-state index < -0.39 is 23.2 Å². The fourth-order valence-corrected chi connectivity index (χ4v) is 3.95. The monoisotopic (exact) mass is 503 g/mol. The van der Waals surface area contributed by atoms with Crippen LogP contribution in [0.3, 0.4) is 0 Å². The van der Waals surface area contributed by atoms with Crippen LogP contribution in [0.15, 0.2) is 79.3 Å². The first-order chi connectivity index (χ1) is 17.7. The van der Waals surface area contributed by atoms with Crippen molar-refractivity contribution >= 4 is 22.5 Å². The molecule has 37 heavy (non-hydrogen) atoms. The summed E-state index contributed by atoms with van der Waals surface area (Å²) >= 11 is 0. The third kappa shape index (κ3) is 4.79. The van der Waals surface area contributed by atoms with Crippen molar-refractivity contribution in [2.75, 3.05) is 0 Å². The molecule has 0 aliphatic rings. The lowest BCUT2D eigenvalue weighted by atomic mass is 10.1. The third-order valence-electron chi connectivity index (χ3n) is 5.89. The highest BCUT2D eigenvalue weighted by atomic mass is 19.4. The molecule has 0 spiro atoms. The molecule has 2 heterocycles. The maximum atomic E-state index is 14.8. The summed E-state index contributed by atoms with van der Waals surface area (Å²) in [5, 5.41) is 7.69. The summed E-state index contributed by atoms with van der Waals surface area (Å²) < 4.78 is 55.9.